The third-order valence-corrected chi connectivity index (χ3v) is 1.77. The Morgan fingerprint density at radius 2 is 2.12 bits per heavy atom. The molecule has 0 atom stereocenters. The normalized spacial score (nSPS) is 11.0. The molecule has 0 bridgehead atoms. The van der Waals surface area contributed by atoms with Gasteiger partial charge in [-0.25, -0.2) is 0 Å². The number of aromatic nitrogens is 1. The van der Waals surface area contributed by atoms with Gasteiger partial charge in [-0.15, -0.1) is 6.42 Å². The fraction of sp³-hybridized carbons (Fsp3) is 0.222. The number of rotatable bonds is 2. The molecule has 0 unspecified atom stereocenters. The lowest BCUT2D eigenvalue weighted by molar-refractivity contribution is -0.140. The van der Waals surface area contributed by atoms with Crippen LogP contribution in [0.2, 0.25) is 5.02 Å². The number of terminal acetylenes is 1. The van der Waals surface area contributed by atoms with Crippen molar-refractivity contribution >= 4 is 11.6 Å². The van der Waals surface area contributed by atoms with Gasteiger partial charge in [-0.3, -0.25) is 0 Å². The summed E-state index contributed by atoms with van der Waals surface area (Å²) in [5.41, 5.74) is -1.55. The topological polar surface area (TPSA) is 22.1 Å². The summed E-state index contributed by atoms with van der Waals surface area (Å²) < 4.78 is 54.2. The molecule has 0 aliphatic carbocycles. The molecule has 1 aromatic rings. The summed E-state index contributed by atoms with van der Waals surface area (Å²) in [4.78, 5) is 2.94. The van der Waals surface area contributed by atoms with Crippen LogP contribution in [-0.2, 0) is 6.18 Å². The molecule has 86 valence electrons. The molecule has 0 saturated heterocycles. The second-order valence-electron chi connectivity index (χ2n) is 2.60. The van der Waals surface area contributed by atoms with Crippen molar-refractivity contribution in [3.05, 3.63) is 22.6 Å². The van der Waals surface area contributed by atoms with Crippen molar-refractivity contribution in [3.63, 3.8) is 0 Å². The molecular formula is C9H4ClF4NO. The van der Waals surface area contributed by atoms with Gasteiger partial charge in [0, 0.05) is 0 Å². The van der Waals surface area contributed by atoms with Crippen molar-refractivity contribution in [2.45, 2.75) is 6.18 Å². The van der Waals surface area contributed by atoms with E-state index in [9.17, 15) is 17.6 Å². The summed E-state index contributed by atoms with van der Waals surface area (Å²) >= 11 is 5.42. The molecule has 0 saturated carbocycles. The number of pyridine rings is 1. The first kappa shape index (κ1) is 12.6. The molecule has 0 spiro atoms. The molecule has 16 heavy (non-hydrogen) atoms. The van der Waals surface area contributed by atoms with Crippen molar-refractivity contribution < 1.29 is 22.3 Å². The maximum atomic E-state index is 12.9. The summed E-state index contributed by atoms with van der Waals surface area (Å²) in [6.07, 6.45) is -0.0118. The molecule has 2 nitrogen and oxygen atoms in total. The molecule has 1 heterocycles. The van der Waals surface area contributed by atoms with Gasteiger partial charge in [0.15, 0.2) is 6.61 Å². The Morgan fingerprint density at radius 3 is 2.62 bits per heavy atom. The third kappa shape index (κ3) is 2.76. The van der Waals surface area contributed by atoms with Gasteiger partial charge >= 0.3 is 6.18 Å². The van der Waals surface area contributed by atoms with Gasteiger partial charge < -0.3 is 4.74 Å². The summed E-state index contributed by atoms with van der Waals surface area (Å²) in [6.45, 7) is -0.266. The van der Waals surface area contributed by atoms with Crippen LogP contribution in [0.25, 0.3) is 0 Å². The average molecular weight is 254 g/mol. The Kier molecular flexibility index (Phi) is 3.60. The van der Waals surface area contributed by atoms with Crippen molar-refractivity contribution in [3.8, 4) is 18.2 Å². The maximum absolute atomic E-state index is 12.9. The van der Waals surface area contributed by atoms with Gasteiger partial charge in [-0.2, -0.15) is 22.5 Å². The Morgan fingerprint density at radius 1 is 1.50 bits per heavy atom. The second-order valence-corrected chi connectivity index (χ2v) is 3.01. The lowest BCUT2D eigenvalue weighted by atomic mass is 10.2. The highest BCUT2D eigenvalue weighted by Gasteiger charge is 2.36. The summed E-state index contributed by atoms with van der Waals surface area (Å²) in [7, 11) is 0. The highest BCUT2D eigenvalue weighted by molar-refractivity contribution is 6.31. The highest BCUT2D eigenvalue weighted by Crippen LogP contribution is 2.35. The smallest absolute Gasteiger partial charge is 0.420 e. The van der Waals surface area contributed by atoms with E-state index < -0.39 is 28.6 Å². The molecule has 0 aliphatic rings. The quantitative estimate of drug-likeness (QED) is 0.459. The Bertz CT molecular complexity index is 438. The minimum Gasteiger partial charge on any atom is -0.463 e. The number of halogens is 5. The number of hydrogen-bond acceptors (Lipinski definition) is 2. The molecule has 0 N–H and O–H groups in total. The van der Waals surface area contributed by atoms with Crippen LogP contribution in [0.4, 0.5) is 17.6 Å². The van der Waals surface area contributed by atoms with Crippen LogP contribution in [0, 0.1) is 18.3 Å². The van der Waals surface area contributed by atoms with Gasteiger partial charge in [0.05, 0.1) is 0 Å². The lowest BCUT2D eigenvalue weighted by Crippen LogP contribution is -2.11. The fourth-order valence-corrected chi connectivity index (χ4v) is 1.07. The molecule has 1 rings (SSSR count). The maximum Gasteiger partial charge on any atom is 0.420 e. The van der Waals surface area contributed by atoms with Crippen molar-refractivity contribution in [1.29, 1.82) is 0 Å². The van der Waals surface area contributed by atoms with Crippen molar-refractivity contribution in [2.75, 3.05) is 6.61 Å². The molecular weight excluding hydrogens is 250 g/mol. The molecule has 0 amide bonds. The van der Waals surface area contributed by atoms with E-state index in [4.69, 9.17) is 18.0 Å². The zero-order chi connectivity index (χ0) is 12.3. The van der Waals surface area contributed by atoms with E-state index in [1.54, 1.807) is 0 Å². The van der Waals surface area contributed by atoms with E-state index in [0.29, 0.717) is 6.07 Å². The van der Waals surface area contributed by atoms with E-state index in [2.05, 4.69) is 9.72 Å². The largest absolute Gasteiger partial charge is 0.463 e. The minimum atomic E-state index is -4.86. The van der Waals surface area contributed by atoms with Crippen LogP contribution in [0.3, 0.4) is 0 Å². The summed E-state index contributed by atoms with van der Waals surface area (Å²) in [6, 6.07) is 0.399. The number of ether oxygens (including phenoxy) is 1. The molecule has 0 aliphatic heterocycles. The lowest BCUT2D eigenvalue weighted by Gasteiger charge is -2.10. The van der Waals surface area contributed by atoms with E-state index in [1.807, 2.05) is 5.92 Å². The molecule has 0 aromatic carbocycles. The van der Waals surface area contributed by atoms with E-state index in [0.717, 1.165) is 0 Å². The number of nitrogens with zero attached hydrogens (tertiary/aromatic N) is 1. The minimum absolute atomic E-state index is 0.266. The predicted molar refractivity (Wildman–Crippen MR) is 48.5 cm³/mol. The van der Waals surface area contributed by atoms with Crippen LogP contribution in [0.5, 0.6) is 5.88 Å². The van der Waals surface area contributed by atoms with Crippen LogP contribution < -0.4 is 4.74 Å². The zero-order valence-corrected chi connectivity index (χ0v) is 8.36. The van der Waals surface area contributed by atoms with Crippen molar-refractivity contribution in [2.24, 2.45) is 0 Å². The molecule has 0 radical (unpaired) electrons. The van der Waals surface area contributed by atoms with Gasteiger partial charge in [-0.05, 0) is 6.07 Å². The number of alkyl halides is 3. The van der Waals surface area contributed by atoms with Crippen LogP contribution >= 0.6 is 11.6 Å². The fourth-order valence-electron chi connectivity index (χ4n) is 0.861. The first-order valence-electron chi connectivity index (χ1n) is 3.85. The average Bonchev–Trinajstić information content (AvgIpc) is 2.17. The number of hydrogen-bond donors (Lipinski definition) is 0. The molecule has 7 heteroatoms. The van der Waals surface area contributed by atoms with Gasteiger partial charge in [0.2, 0.25) is 11.8 Å². The monoisotopic (exact) mass is 253 g/mol. The Balaban J connectivity index is 3.13. The zero-order valence-electron chi connectivity index (χ0n) is 7.61. The first-order chi connectivity index (χ1) is 7.36. The van der Waals surface area contributed by atoms with Gasteiger partial charge in [-0.1, -0.05) is 17.5 Å². The molecule has 0 fully saturated rings. The van der Waals surface area contributed by atoms with Gasteiger partial charge in [0.1, 0.15) is 10.6 Å². The van der Waals surface area contributed by atoms with E-state index >= 15 is 0 Å². The first-order valence-corrected chi connectivity index (χ1v) is 4.23. The standard InChI is InChI=1S/C9H4ClF4NO/c1-2-3-16-8-6(10)4-5(7(11)15-8)9(12,13)14/h1,4H,3H2. The third-order valence-electron chi connectivity index (χ3n) is 1.49. The van der Waals surface area contributed by atoms with Crippen molar-refractivity contribution in [1.82, 2.24) is 4.98 Å². The van der Waals surface area contributed by atoms with Crippen LogP contribution in [0.15, 0.2) is 6.07 Å². The Hall–Kier alpha value is -1.48. The van der Waals surface area contributed by atoms with E-state index in [-0.39, 0.29) is 6.61 Å². The van der Waals surface area contributed by atoms with Gasteiger partial charge in [0.25, 0.3) is 0 Å². The van der Waals surface area contributed by atoms with Crippen LogP contribution in [-0.4, -0.2) is 11.6 Å². The second kappa shape index (κ2) is 4.58. The van der Waals surface area contributed by atoms with E-state index in [1.165, 1.54) is 0 Å². The van der Waals surface area contributed by atoms with Crippen LogP contribution in [0.1, 0.15) is 5.56 Å². The summed E-state index contributed by atoms with van der Waals surface area (Å²) in [5.74, 6) is -0.130. The molecule has 1 aromatic heterocycles. The SMILES string of the molecule is C#CCOc1nc(F)c(C(F)(F)F)cc1Cl. The predicted octanol–water partition coefficient (Wildman–Crippen LogP) is 2.90. The highest BCUT2D eigenvalue weighted by atomic mass is 35.5. The summed E-state index contributed by atoms with van der Waals surface area (Å²) in [5, 5.41) is -0.455. The Labute approximate surface area is 93.2 Å².